The summed E-state index contributed by atoms with van der Waals surface area (Å²) in [7, 11) is 1.76. The molecule has 2 aromatic heterocycles. The molecule has 8 heteroatoms. The Labute approximate surface area is 179 Å². The number of nitrogens with one attached hydrogen (secondary N) is 2. The molecule has 2 N–H and O–H groups in total. The molecule has 31 heavy (non-hydrogen) atoms. The maximum absolute atomic E-state index is 12.3. The molecule has 0 bridgehead atoms. The zero-order valence-electron chi connectivity index (χ0n) is 17.5. The van der Waals surface area contributed by atoms with E-state index in [1.54, 1.807) is 17.8 Å². The van der Waals surface area contributed by atoms with Crippen molar-refractivity contribution in [3.8, 4) is 0 Å². The van der Waals surface area contributed by atoms with E-state index in [1.165, 1.54) is 0 Å². The Morgan fingerprint density at radius 1 is 1.00 bits per heavy atom. The molecule has 8 nitrogen and oxygen atoms in total. The number of fused-ring (bicyclic) bond motifs is 1. The number of carbonyl (C=O) groups is 2. The molecule has 0 spiro atoms. The molecule has 2 amide bonds. The minimum absolute atomic E-state index is 0.132. The molecule has 0 aliphatic heterocycles. The molecule has 0 saturated heterocycles. The van der Waals surface area contributed by atoms with Crippen molar-refractivity contribution < 1.29 is 9.59 Å². The van der Waals surface area contributed by atoms with Gasteiger partial charge in [0.1, 0.15) is 11.5 Å². The van der Waals surface area contributed by atoms with Crippen LogP contribution in [0.2, 0.25) is 0 Å². The van der Waals surface area contributed by atoms with Crippen LogP contribution in [0.1, 0.15) is 27.6 Å². The molecular formula is C23H24N6O2. The summed E-state index contributed by atoms with van der Waals surface area (Å²) in [5, 5.41) is 9.57. The Bertz CT molecular complexity index is 1210. The van der Waals surface area contributed by atoms with Gasteiger partial charge in [-0.2, -0.15) is 5.10 Å². The van der Waals surface area contributed by atoms with Gasteiger partial charge in [-0.25, -0.2) is 4.98 Å². The third-order valence-electron chi connectivity index (χ3n) is 5.12. The van der Waals surface area contributed by atoms with Crippen LogP contribution in [-0.2, 0) is 24.9 Å². The molecule has 2 heterocycles. The minimum atomic E-state index is -0.379. The molecule has 2 aromatic carbocycles. The lowest BCUT2D eigenvalue weighted by Gasteiger charge is -2.11. The molecule has 0 saturated carbocycles. The van der Waals surface area contributed by atoms with Gasteiger partial charge in [0.15, 0.2) is 0 Å². The highest BCUT2D eigenvalue weighted by Gasteiger charge is 2.14. The fourth-order valence-corrected chi connectivity index (χ4v) is 3.37. The zero-order chi connectivity index (χ0) is 21.8. The molecule has 4 aromatic rings. The van der Waals surface area contributed by atoms with E-state index in [9.17, 15) is 9.59 Å². The number of hydrogen-bond donors (Lipinski definition) is 2. The molecular weight excluding hydrogens is 392 g/mol. The van der Waals surface area contributed by atoms with Gasteiger partial charge < -0.3 is 15.2 Å². The van der Waals surface area contributed by atoms with Gasteiger partial charge in [-0.3, -0.25) is 14.3 Å². The summed E-state index contributed by atoms with van der Waals surface area (Å²) in [5.74, 6) is 0.0829. The Hall–Kier alpha value is -3.94. The number of benzene rings is 2. The van der Waals surface area contributed by atoms with Crippen molar-refractivity contribution in [1.29, 1.82) is 0 Å². The first-order valence-corrected chi connectivity index (χ1v) is 10.0. The van der Waals surface area contributed by atoms with Crippen LogP contribution in [0.3, 0.4) is 0 Å². The van der Waals surface area contributed by atoms with Crippen molar-refractivity contribution in [3.63, 3.8) is 0 Å². The van der Waals surface area contributed by atoms with E-state index >= 15 is 0 Å². The first-order chi connectivity index (χ1) is 15.0. The number of hydrogen-bond acceptors (Lipinski definition) is 4. The number of amides is 2. The average molecular weight is 416 g/mol. The van der Waals surface area contributed by atoms with Crippen molar-refractivity contribution in [3.05, 3.63) is 83.4 Å². The highest BCUT2D eigenvalue weighted by Crippen LogP contribution is 2.18. The molecule has 0 aliphatic rings. The Kier molecular flexibility index (Phi) is 5.79. The summed E-state index contributed by atoms with van der Waals surface area (Å²) in [6, 6.07) is 19.7. The maximum Gasteiger partial charge on any atom is 0.272 e. The lowest BCUT2D eigenvalue weighted by Crippen LogP contribution is -2.37. The van der Waals surface area contributed by atoms with Gasteiger partial charge in [0.25, 0.3) is 5.91 Å². The second kappa shape index (κ2) is 8.83. The highest BCUT2D eigenvalue weighted by atomic mass is 16.2. The molecule has 158 valence electrons. The van der Waals surface area contributed by atoms with Crippen LogP contribution in [0.5, 0.6) is 0 Å². The largest absolute Gasteiger partial charge is 0.347 e. The molecule has 0 unspecified atom stereocenters. The van der Waals surface area contributed by atoms with E-state index in [-0.39, 0.29) is 30.6 Å². The first-order valence-electron chi connectivity index (χ1n) is 10.0. The standard InChI is InChI=1S/C23H24N6O2/c1-16-12-19(27-28(16)2)23(31)25-14-22(30)24-13-21-26-18-10-6-7-11-20(18)29(21)15-17-8-4-3-5-9-17/h3-12H,13-15H2,1-2H3,(H,24,30)(H,25,31). The zero-order valence-corrected chi connectivity index (χ0v) is 17.5. The van der Waals surface area contributed by atoms with Gasteiger partial charge in [-0.05, 0) is 30.7 Å². The number of aryl methyl sites for hydroxylation is 2. The van der Waals surface area contributed by atoms with Gasteiger partial charge in [-0.1, -0.05) is 42.5 Å². The monoisotopic (exact) mass is 416 g/mol. The predicted octanol–water partition coefficient (Wildman–Crippen LogP) is 2.17. The van der Waals surface area contributed by atoms with E-state index in [2.05, 4.69) is 37.4 Å². The smallest absolute Gasteiger partial charge is 0.272 e. The van der Waals surface area contributed by atoms with E-state index in [4.69, 9.17) is 0 Å². The van der Waals surface area contributed by atoms with Crippen molar-refractivity contribution >= 4 is 22.8 Å². The number of carbonyl (C=O) groups excluding carboxylic acids is 2. The Morgan fingerprint density at radius 3 is 2.48 bits per heavy atom. The van der Waals surface area contributed by atoms with Gasteiger partial charge in [0, 0.05) is 19.3 Å². The fourth-order valence-electron chi connectivity index (χ4n) is 3.37. The van der Waals surface area contributed by atoms with Crippen molar-refractivity contribution in [2.24, 2.45) is 7.05 Å². The van der Waals surface area contributed by atoms with Crippen LogP contribution in [0, 0.1) is 6.92 Å². The summed E-state index contributed by atoms with van der Waals surface area (Å²) in [6.07, 6.45) is 0. The summed E-state index contributed by atoms with van der Waals surface area (Å²) in [5.41, 5.74) is 4.19. The average Bonchev–Trinajstić information content (AvgIpc) is 3.31. The highest BCUT2D eigenvalue weighted by molar-refractivity contribution is 5.94. The van der Waals surface area contributed by atoms with Crippen LogP contribution < -0.4 is 10.6 Å². The van der Waals surface area contributed by atoms with Gasteiger partial charge >= 0.3 is 0 Å². The van der Waals surface area contributed by atoms with E-state index in [0.717, 1.165) is 28.1 Å². The molecule has 0 atom stereocenters. The number of rotatable bonds is 7. The molecule has 4 rings (SSSR count). The SMILES string of the molecule is Cc1cc(C(=O)NCC(=O)NCc2nc3ccccc3n2Cc2ccccc2)nn1C. The van der Waals surface area contributed by atoms with Gasteiger partial charge in [-0.15, -0.1) is 0 Å². The van der Waals surface area contributed by atoms with Crippen LogP contribution in [0.25, 0.3) is 11.0 Å². The molecule has 0 radical (unpaired) electrons. The minimum Gasteiger partial charge on any atom is -0.347 e. The fraction of sp³-hybridized carbons (Fsp3) is 0.217. The number of aromatic nitrogens is 4. The summed E-state index contributed by atoms with van der Waals surface area (Å²) >= 11 is 0. The summed E-state index contributed by atoms with van der Waals surface area (Å²) in [4.78, 5) is 29.2. The van der Waals surface area contributed by atoms with Crippen LogP contribution >= 0.6 is 0 Å². The quantitative estimate of drug-likeness (QED) is 0.483. The second-order valence-corrected chi connectivity index (χ2v) is 7.34. The van der Waals surface area contributed by atoms with Crippen LogP contribution in [-0.4, -0.2) is 37.7 Å². The summed E-state index contributed by atoms with van der Waals surface area (Å²) in [6.45, 7) is 2.65. The number of imidazole rings is 1. The van der Waals surface area contributed by atoms with E-state index < -0.39 is 0 Å². The van der Waals surface area contributed by atoms with Gasteiger partial charge in [0.2, 0.25) is 5.91 Å². The van der Waals surface area contributed by atoms with E-state index in [1.807, 2.05) is 49.4 Å². The topological polar surface area (TPSA) is 93.8 Å². The second-order valence-electron chi connectivity index (χ2n) is 7.34. The third kappa shape index (κ3) is 4.63. The van der Waals surface area contributed by atoms with Crippen LogP contribution in [0.15, 0.2) is 60.7 Å². The lowest BCUT2D eigenvalue weighted by atomic mass is 10.2. The van der Waals surface area contributed by atoms with Crippen molar-refractivity contribution in [2.45, 2.75) is 20.0 Å². The van der Waals surface area contributed by atoms with Gasteiger partial charge in [0.05, 0.1) is 24.1 Å². The molecule has 0 fully saturated rings. The van der Waals surface area contributed by atoms with Crippen molar-refractivity contribution in [2.75, 3.05) is 6.54 Å². The Morgan fingerprint density at radius 2 is 1.74 bits per heavy atom. The lowest BCUT2D eigenvalue weighted by molar-refractivity contribution is -0.120. The van der Waals surface area contributed by atoms with Crippen molar-refractivity contribution in [1.82, 2.24) is 30.0 Å². The summed E-state index contributed by atoms with van der Waals surface area (Å²) < 4.78 is 3.71. The Balaban J connectivity index is 1.41. The molecule has 0 aliphatic carbocycles. The number of para-hydroxylation sites is 2. The van der Waals surface area contributed by atoms with Crippen LogP contribution in [0.4, 0.5) is 0 Å². The predicted molar refractivity (Wildman–Crippen MR) is 117 cm³/mol. The maximum atomic E-state index is 12.3. The third-order valence-corrected chi connectivity index (χ3v) is 5.12. The number of nitrogens with zero attached hydrogens (tertiary/aromatic N) is 4. The normalized spacial score (nSPS) is 10.9. The first kappa shape index (κ1) is 20.3. The van der Waals surface area contributed by atoms with E-state index in [0.29, 0.717) is 6.54 Å².